The van der Waals surface area contributed by atoms with Crippen molar-refractivity contribution in [1.82, 2.24) is 18.6 Å². The van der Waals surface area contributed by atoms with E-state index in [1.807, 2.05) is 85.5 Å². The van der Waals surface area contributed by atoms with Gasteiger partial charge < -0.3 is 14.6 Å². The van der Waals surface area contributed by atoms with Crippen molar-refractivity contribution < 1.29 is 9.90 Å². The number of aromatic hydroxyl groups is 1. The van der Waals surface area contributed by atoms with Crippen LogP contribution < -0.4 is 11.2 Å². The van der Waals surface area contributed by atoms with Gasteiger partial charge in [0.15, 0.2) is 0 Å². The van der Waals surface area contributed by atoms with Gasteiger partial charge in [0.1, 0.15) is 5.56 Å². The van der Waals surface area contributed by atoms with Crippen LogP contribution in [-0.2, 0) is 20.5 Å². The minimum absolute atomic E-state index is 0.0430. The fraction of sp³-hybridized carbons (Fsp3) is 0.217. The predicted molar refractivity (Wildman–Crippen MR) is 219 cm³/mol. The molecule has 276 valence electrons. The summed E-state index contributed by atoms with van der Waals surface area (Å²) >= 11 is 0. The van der Waals surface area contributed by atoms with Gasteiger partial charge in [-0.2, -0.15) is 0 Å². The summed E-state index contributed by atoms with van der Waals surface area (Å²) in [7, 11) is 3.51. The Labute approximate surface area is 319 Å². The molecule has 2 unspecified atom stereocenters. The number of hydrogen-bond donors (Lipinski definition) is 1. The smallest absolute Gasteiger partial charge is 0.338 e. The molecule has 0 bridgehead atoms. The highest BCUT2D eigenvalue weighted by atomic mass is 16.3. The summed E-state index contributed by atoms with van der Waals surface area (Å²) in [6.45, 7) is 6.18. The van der Waals surface area contributed by atoms with Crippen molar-refractivity contribution in [3.63, 3.8) is 0 Å². The summed E-state index contributed by atoms with van der Waals surface area (Å²) in [6.07, 6.45) is 0.667. The molecule has 1 N–H and O–H groups in total. The average molecular weight is 730 g/mol. The van der Waals surface area contributed by atoms with Gasteiger partial charge in [-0.05, 0) is 79.8 Å². The quantitative estimate of drug-likeness (QED) is 0.164. The van der Waals surface area contributed by atoms with Crippen LogP contribution in [0.4, 0.5) is 0 Å². The number of rotatable bonds is 8. The van der Waals surface area contributed by atoms with Crippen LogP contribution in [0.5, 0.6) is 5.88 Å². The third-order valence-corrected chi connectivity index (χ3v) is 11.2. The molecule has 0 saturated heterocycles. The van der Waals surface area contributed by atoms with Crippen molar-refractivity contribution in [1.29, 1.82) is 0 Å². The molecule has 7 aromatic rings. The van der Waals surface area contributed by atoms with E-state index in [-0.39, 0.29) is 23.9 Å². The molecule has 8 rings (SSSR count). The SMILES string of the molecule is CC(=NCC1c2ccccc2C(=O)N(CCc2ccccc2)C1c1ccc2c(c1)c1ccccc1n2C)c1c(O)n(C)c(=O)n(-c2ccc(C)cc2C)c1=O. The van der Waals surface area contributed by atoms with Crippen molar-refractivity contribution in [2.75, 3.05) is 13.1 Å². The molecule has 0 spiro atoms. The second kappa shape index (κ2) is 14.1. The standard InChI is InChI=1S/C46H43N5O4/c1-28-19-21-38(29(2)25-28)51-45(54)41(44(53)49(5)46(51)55)30(3)47-27-37-33-15-9-10-17-35(33)43(52)50(24-23-31-13-7-6-8-14-31)42(37)32-20-22-40-36(26-32)34-16-11-12-18-39(34)48(40)4/h6-22,25-26,37,42,53H,23-24,27H2,1-5H3. The van der Waals surface area contributed by atoms with Crippen LogP contribution in [0.1, 0.15) is 62.6 Å². The summed E-state index contributed by atoms with van der Waals surface area (Å²) in [5, 5.41) is 13.5. The highest BCUT2D eigenvalue weighted by molar-refractivity contribution is 6.08. The molecule has 0 aliphatic carbocycles. The van der Waals surface area contributed by atoms with Gasteiger partial charge in [-0.25, -0.2) is 9.36 Å². The molecule has 9 nitrogen and oxygen atoms in total. The molecule has 2 atom stereocenters. The molecule has 3 heterocycles. The molecule has 0 saturated carbocycles. The normalized spacial score (nSPS) is 15.9. The molecule has 9 heteroatoms. The Bertz CT molecular complexity index is 2790. The lowest BCUT2D eigenvalue weighted by molar-refractivity contribution is 0.0614. The summed E-state index contributed by atoms with van der Waals surface area (Å²) in [4.78, 5) is 49.2. The Balaban J connectivity index is 1.28. The predicted octanol–water partition coefficient (Wildman–Crippen LogP) is 7.54. The average Bonchev–Trinajstić information content (AvgIpc) is 3.48. The Kier molecular flexibility index (Phi) is 9.09. The molecular weight excluding hydrogens is 687 g/mol. The fourth-order valence-corrected chi connectivity index (χ4v) is 8.40. The highest BCUT2D eigenvalue weighted by Gasteiger charge is 2.40. The van der Waals surface area contributed by atoms with Gasteiger partial charge in [0.2, 0.25) is 5.88 Å². The molecule has 1 aliphatic rings. The fourth-order valence-electron chi connectivity index (χ4n) is 8.40. The topological polar surface area (TPSA) is 102 Å². The minimum Gasteiger partial charge on any atom is -0.494 e. The molecule has 5 aromatic carbocycles. The molecule has 1 aliphatic heterocycles. The first-order chi connectivity index (χ1) is 26.5. The second-order valence-electron chi connectivity index (χ2n) is 14.6. The number of carbonyl (C=O) groups is 1. The van der Waals surface area contributed by atoms with Gasteiger partial charge in [-0.1, -0.05) is 90.5 Å². The van der Waals surface area contributed by atoms with E-state index >= 15 is 0 Å². The van der Waals surface area contributed by atoms with E-state index in [4.69, 9.17) is 4.99 Å². The van der Waals surface area contributed by atoms with Gasteiger partial charge >= 0.3 is 5.69 Å². The van der Waals surface area contributed by atoms with Crippen LogP contribution in [0.2, 0.25) is 0 Å². The van der Waals surface area contributed by atoms with Crippen molar-refractivity contribution in [3.05, 3.63) is 175 Å². The summed E-state index contributed by atoms with van der Waals surface area (Å²) in [5.74, 6) is -0.791. The van der Waals surface area contributed by atoms with Crippen LogP contribution in [0.15, 0.2) is 130 Å². The van der Waals surface area contributed by atoms with Crippen LogP contribution in [0.25, 0.3) is 27.5 Å². The van der Waals surface area contributed by atoms with Crippen molar-refractivity contribution in [3.8, 4) is 11.6 Å². The second-order valence-corrected chi connectivity index (χ2v) is 14.6. The number of para-hydroxylation sites is 1. The van der Waals surface area contributed by atoms with E-state index in [1.54, 1.807) is 13.0 Å². The van der Waals surface area contributed by atoms with Crippen LogP contribution in [0.3, 0.4) is 0 Å². The number of aryl methyl sites for hydroxylation is 3. The van der Waals surface area contributed by atoms with Crippen LogP contribution >= 0.6 is 0 Å². The largest absolute Gasteiger partial charge is 0.494 e. The zero-order chi connectivity index (χ0) is 38.5. The summed E-state index contributed by atoms with van der Waals surface area (Å²) in [5.41, 5.74) is 7.01. The van der Waals surface area contributed by atoms with Crippen molar-refractivity contribution >= 4 is 33.4 Å². The van der Waals surface area contributed by atoms with Crippen molar-refractivity contribution in [2.45, 2.75) is 39.2 Å². The lowest BCUT2D eigenvalue weighted by Crippen LogP contribution is -2.44. The number of amides is 1. The van der Waals surface area contributed by atoms with Crippen molar-refractivity contribution in [2.24, 2.45) is 19.1 Å². The number of aliphatic imine (C=N–C) groups is 1. The van der Waals surface area contributed by atoms with Gasteiger partial charge in [0.05, 0.1) is 11.7 Å². The third kappa shape index (κ3) is 6.06. The molecule has 2 aromatic heterocycles. The van der Waals surface area contributed by atoms with E-state index in [1.165, 1.54) is 7.05 Å². The number of hydrogen-bond acceptors (Lipinski definition) is 5. The molecule has 0 fully saturated rings. The first-order valence-corrected chi connectivity index (χ1v) is 18.6. The molecular formula is C46H43N5O4. The first-order valence-electron chi connectivity index (χ1n) is 18.6. The molecule has 1 amide bonds. The zero-order valence-electron chi connectivity index (χ0n) is 31.7. The molecule has 0 radical (unpaired) electrons. The Morgan fingerprint density at radius 3 is 2.25 bits per heavy atom. The Morgan fingerprint density at radius 1 is 0.764 bits per heavy atom. The van der Waals surface area contributed by atoms with Gasteiger partial charge in [-0.15, -0.1) is 0 Å². The monoisotopic (exact) mass is 729 g/mol. The van der Waals surface area contributed by atoms with E-state index < -0.39 is 23.2 Å². The minimum atomic E-state index is -0.649. The first kappa shape index (κ1) is 35.5. The zero-order valence-corrected chi connectivity index (χ0v) is 31.7. The lowest BCUT2D eigenvalue weighted by atomic mass is 9.79. The maximum absolute atomic E-state index is 14.6. The number of benzene rings is 5. The van der Waals surface area contributed by atoms with E-state index in [2.05, 4.69) is 54.1 Å². The number of carbonyl (C=O) groups excluding carboxylic acids is 1. The summed E-state index contributed by atoms with van der Waals surface area (Å²) < 4.78 is 4.38. The Hall–Kier alpha value is -6.48. The maximum Gasteiger partial charge on any atom is 0.338 e. The van der Waals surface area contributed by atoms with E-state index in [0.717, 1.165) is 58.8 Å². The van der Waals surface area contributed by atoms with Gasteiger partial charge in [0.25, 0.3) is 11.5 Å². The number of fused-ring (bicyclic) bond motifs is 4. The van der Waals surface area contributed by atoms with Crippen LogP contribution in [0, 0.1) is 13.8 Å². The maximum atomic E-state index is 14.6. The number of aromatic nitrogens is 3. The highest BCUT2D eigenvalue weighted by Crippen LogP contribution is 2.44. The lowest BCUT2D eigenvalue weighted by Gasteiger charge is -2.42. The Morgan fingerprint density at radius 2 is 1.47 bits per heavy atom. The van der Waals surface area contributed by atoms with E-state index in [0.29, 0.717) is 29.9 Å². The van der Waals surface area contributed by atoms with Gasteiger partial charge in [0, 0.05) is 66.2 Å². The van der Waals surface area contributed by atoms with E-state index in [9.17, 15) is 19.5 Å². The van der Waals surface area contributed by atoms with Gasteiger partial charge in [-0.3, -0.25) is 19.1 Å². The summed E-state index contributed by atoms with van der Waals surface area (Å²) in [6, 6.07) is 37.8. The number of nitrogens with zero attached hydrogens (tertiary/aromatic N) is 5. The third-order valence-electron chi connectivity index (χ3n) is 11.2. The molecule has 55 heavy (non-hydrogen) atoms. The van der Waals surface area contributed by atoms with Crippen LogP contribution in [-0.4, -0.2) is 48.4 Å².